The van der Waals surface area contributed by atoms with E-state index in [-0.39, 0.29) is 26.1 Å². The van der Waals surface area contributed by atoms with Gasteiger partial charge >= 0.3 is 11.9 Å². The number of ether oxygens (including phenoxy) is 2. The van der Waals surface area contributed by atoms with E-state index in [1.54, 1.807) is 0 Å². The third-order valence-corrected chi connectivity index (χ3v) is 9.86. The lowest BCUT2D eigenvalue weighted by Crippen LogP contribution is -2.37. The minimum Gasteiger partial charge on any atom is -0.756 e. The van der Waals surface area contributed by atoms with Crippen LogP contribution in [0.25, 0.3) is 0 Å². The molecule has 0 spiro atoms. The van der Waals surface area contributed by atoms with Gasteiger partial charge in [-0.3, -0.25) is 14.2 Å². The molecule has 332 valence electrons. The predicted molar refractivity (Wildman–Crippen MR) is 240 cm³/mol. The zero-order valence-corrected chi connectivity index (χ0v) is 38.1. The van der Waals surface area contributed by atoms with Crippen molar-refractivity contribution in [3.8, 4) is 0 Å². The van der Waals surface area contributed by atoms with Crippen molar-refractivity contribution in [1.29, 1.82) is 0 Å². The van der Waals surface area contributed by atoms with Gasteiger partial charge in [-0.05, 0) is 89.9 Å². The van der Waals surface area contributed by atoms with Crippen molar-refractivity contribution in [2.75, 3.05) is 47.5 Å². The standard InChI is InChI=1S/C48H82NO8P/c1-6-8-10-12-14-16-18-20-22-23-24-25-27-28-30-32-34-36-38-40-47(50)54-44-46(45-56-58(52,53)55-43-42-49(3,4)5)57-48(51)41-39-37-35-33-31-29-26-21-19-17-15-13-11-9-7-2/h8,10,14-17,20-22,24-26,28,30,46H,6-7,9,11-13,18-19,23,27,29,31-45H2,1-5H3/b10-8+,16-14+,17-15+,22-20+,25-24+,26-21+,30-28+/t46-/m1/s1. The first-order chi connectivity index (χ1) is 28.0. The van der Waals surface area contributed by atoms with Gasteiger partial charge in [0.15, 0.2) is 6.10 Å². The Bertz CT molecular complexity index is 1260. The highest BCUT2D eigenvalue weighted by molar-refractivity contribution is 7.45. The molecular weight excluding hydrogens is 750 g/mol. The number of unbranched alkanes of at least 4 members (excludes halogenated alkanes) is 11. The van der Waals surface area contributed by atoms with Crippen LogP contribution in [0.1, 0.15) is 155 Å². The summed E-state index contributed by atoms with van der Waals surface area (Å²) in [6, 6.07) is 0. The highest BCUT2D eigenvalue weighted by Crippen LogP contribution is 2.38. The SMILES string of the molecule is CC/C=C/C/C=C/C/C=C/C/C=C/C/C=C/CCCCCC(=O)OC[C@H](COP(=O)([O-])OCC[N+](C)(C)C)OC(=O)CCCCCCC/C=C/C/C=C/CCCCC. The van der Waals surface area contributed by atoms with Crippen molar-refractivity contribution in [3.05, 3.63) is 85.1 Å². The average Bonchev–Trinajstić information content (AvgIpc) is 3.17. The lowest BCUT2D eigenvalue weighted by Gasteiger charge is -2.28. The molecule has 0 aromatic heterocycles. The van der Waals surface area contributed by atoms with E-state index in [2.05, 4.69) is 98.9 Å². The quantitative estimate of drug-likeness (QED) is 0.0198. The first-order valence-corrected chi connectivity index (χ1v) is 23.8. The molecule has 10 heteroatoms. The first-order valence-electron chi connectivity index (χ1n) is 22.3. The maximum Gasteiger partial charge on any atom is 0.306 e. The van der Waals surface area contributed by atoms with Gasteiger partial charge in [-0.15, -0.1) is 0 Å². The van der Waals surface area contributed by atoms with Crippen molar-refractivity contribution in [1.82, 2.24) is 0 Å². The van der Waals surface area contributed by atoms with Crippen LogP contribution in [-0.4, -0.2) is 70.0 Å². The molecule has 0 heterocycles. The van der Waals surface area contributed by atoms with Crippen LogP contribution in [0.5, 0.6) is 0 Å². The van der Waals surface area contributed by atoms with Crippen LogP contribution in [0, 0.1) is 0 Å². The van der Waals surface area contributed by atoms with Gasteiger partial charge in [0.25, 0.3) is 7.82 Å². The number of rotatable bonds is 39. The number of quaternary nitrogens is 1. The number of nitrogens with zero attached hydrogens (tertiary/aromatic N) is 1. The van der Waals surface area contributed by atoms with Crippen LogP contribution in [0.15, 0.2) is 85.1 Å². The predicted octanol–water partition coefficient (Wildman–Crippen LogP) is 12.2. The average molecular weight is 832 g/mol. The van der Waals surface area contributed by atoms with Crippen LogP contribution in [-0.2, 0) is 32.7 Å². The summed E-state index contributed by atoms with van der Waals surface area (Å²) >= 11 is 0. The second-order valence-corrected chi connectivity index (χ2v) is 17.1. The molecular formula is C48H82NO8P. The number of hydrogen-bond acceptors (Lipinski definition) is 8. The highest BCUT2D eigenvalue weighted by atomic mass is 31.2. The normalized spacial score (nSPS) is 14.4. The summed E-state index contributed by atoms with van der Waals surface area (Å²) in [5.74, 6) is -0.897. The first kappa shape index (κ1) is 55.2. The van der Waals surface area contributed by atoms with Crippen molar-refractivity contribution in [2.45, 2.75) is 161 Å². The number of phosphoric ester groups is 1. The number of allylic oxidation sites excluding steroid dienone is 14. The van der Waals surface area contributed by atoms with Gasteiger partial charge in [-0.2, -0.15) is 0 Å². The zero-order valence-electron chi connectivity index (χ0n) is 37.2. The molecule has 0 amide bonds. The fraction of sp³-hybridized carbons (Fsp3) is 0.667. The Morgan fingerprint density at radius 3 is 1.48 bits per heavy atom. The van der Waals surface area contributed by atoms with E-state index in [4.69, 9.17) is 18.5 Å². The van der Waals surface area contributed by atoms with E-state index in [9.17, 15) is 19.0 Å². The summed E-state index contributed by atoms with van der Waals surface area (Å²) in [6.07, 6.45) is 50.3. The molecule has 0 saturated carbocycles. The van der Waals surface area contributed by atoms with Gasteiger partial charge in [-0.1, -0.05) is 137 Å². The molecule has 1 unspecified atom stereocenters. The van der Waals surface area contributed by atoms with Gasteiger partial charge in [-0.25, -0.2) is 0 Å². The van der Waals surface area contributed by atoms with E-state index in [0.29, 0.717) is 23.9 Å². The Balaban J connectivity index is 4.45. The summed E-state index contributed by atoms with van der Waals surface area (Å²) in [5.41, 5.74) is 0. The lowest BCUT2D eigenvalue weighted by molar-refractivity contribution is -0.870. The second kappa shape index (κ2) is 39.6. The topological polar surface area (TPSA) is 111 Å². The number of hydrogen-bond donors (Lipinski definition) is 0. The van der Waals surface area contributed by atoms with Crippen molar-refractivity contribution >= 4 is 19.8 Å². The van der Waals surface area contributed by atoms with Gasteiger partial charge in [0.2, 0.25) is 0 Å². The number of phosphoric acid groups is 1. The fourth-order valence-electron chi connectivity index (χ4n) is 5.41. The maximum atomic E-state index is 12.7. The number of esters is 2. The summed E-state index contributed by atoms with van der Waals surface area (Å²) in [5, 5.41) is 0. The highest BCUT2D eigenvalue weighted by Gasteiger charge is 2.21. The molecule has 58 heavy (non-hydrogen) atoms. The molecule has 2 atom stereocenters. The van der Waals surface area contributed by atoms with Crippen molar-refractivity contribution in [3.63, 3.8) is 0 Å². The van der Waals surface area contributed by atoms with Crippen molar-refractivity contribution in [2.24, 2.45) is 0 Å². The molecule has 0 rings (SSSR count). The minimum atomic E-state index is -4.64. The van der Waals surface area contributed by atoms with Crippen molar-refractivity contribution < 1.29 is 42.1 Å². The molecule has 9 nitrogen and oxygen atoms in total. The van der Waals surface area contributed by atoms with Crippen LogP contribution in [0.4, 0.5) is 0 Å². The molecule has 0 aliphatic heterocycles. The van der Waals surface area contributed by atoms with Crippen LogP contribution in [0.2, 0.25) is 0 Å². The van der Waals surface area contributed by atoms with E-state index in [1.165, 1.54) is 25.7 Å². The molecule has 0 aromatic rings. The lowest BCUT2D eigenvalue weighted by atomic mass is 10.1. The molecule has 0 aliphatic carbocycles. The number of likely N-dealkylation sites (N-methyl/N-ethyl adjacent to an activating group) is 1. The Hall–Kier alpha value is -2.81. The largest absolute Gasteiger partial charge is 0.756 e. The molecule has 0 aromatic carbocycles. The van der Waals surface area contributed by atoms with Crippen LogP contribution >= 0.6 is 7.82 Å². The molecule has 0 radical (unpaired) electrons. The van der Waals surface area contributed by atoms with E-state index >= 15 is 0 Å². The van der Waals surface area contributed by atoms with Gasteiger partial charge in [0.1, 0.15) is 19.8 Å². The summed E-state index contributed by atoms with van der Waals surface area (Å²) in [6.45, 7) is 4.01. The van der Waals surface area contributed by atoms with E-state index < -0.39 is 32.5 Å². The molecule has 0 N–H and O–H groups in total. The molecule has 0 bridgehead atoms. The Kier molecular flexibility index (Phi) is 37.7. The van der Waals surface area contributed by atoms with Crippen LogP contribution in [0.3, 0.4) is 0 Å². The Morgan fingerprint density at radius 2 is 0.983 bits per heavy atom. The maximum absolute atomic E-state index is 12.7. The Morgan fingerprint density at radius 1 is 0.552 bits per heavy atom. The van der Waals surface area contributed by atoms with Crippen LogP contribution < -0.4 is 4.89 Å². The molecule has 0 fully saturated rings. The smallest absolute Gasteiger partial charge is 0.306 e. The minimum absolute atomic E-state index is 0.0440. The van der Waals surface area contributed by atoms with Gasteiger partial charge < -0.3 is 27.9 Å². The number of carbonyl (C=O) groups excluding carboxylic acids is 2. The monoisotopic (exact) mass is 832 g/mol. The second-order valence-electron chi connectivity index (χ2n) is 15.7. The third-order valence-electron chi connectivity index (χ3n) is 8.90. The summed E-state index contributed by atoms with van der Waals surface area (Å²) in [4.78, 5) is 37.5. The summed E-state index contributed by atoms with van der Waals surface area (Å²) < 4.78 is 33.9. The number of carbonyl (C=O) groups is 2. The molecule has 0 aliphatic rings. The Labute approximate surface area is 354 Å². The van der Waals surface area contributed by atoms with E-state index in [0.717, 1.165) is 89.9 Å². The fourth-order valence-corrected chi connectivity index (χ4v) is 6.14. The molecule has 0 saturated heterocycles. The van der Waals surface area contributed by atoms with E-state index in [1.807, 2.05) is 21.1 Å². The summed E-state index contributed by atoms with van der Waals surface area (Å²) in [7, 11) is 1.12. The zero-order chi connectivity index (χ0) is 42.8. The third kappa shape index (κ3) is 42.8. The van der Waals surface area contributed by atoms with Gasteiger partial charge in [0, 0.05) is 12.8 Å². The van der Waals surface area contributed by atoms with Gasteiger partial charge in [0.05, 0.1) is 27.7 Å².